The van der Waals surface area contributed by atoms with Crippen LogP contribution in [0.2, 0.25) is 0 Å². The number of quaternary nitrogens is 1. The summed E-state index contributed by atoms with van der Waals surface area (Å²) >= 11 is 0. The van der Waals surface area contributed by atoms with Crippen LogP contribution in [-0.4, -0.2) is 43.8 Å². The van der Waals surface area contributed by atoms with Crippen LogP contribution in [0.4, 0.5) is 0 Å². The van der Waals surface area contributed by atoms with Crippen LogP contribution in [0.5, 0.6) is 0 Å². The molecule has 0 aromatic rings. The standard InChI is InChI=1S/C6H12N2O2/c1-8-3-2-7-5(4-8)6(9)10/h5,7H,2-4H2,1H3,(H,9,10)/p+1. The van der Waals surface area contributed by atoms with Crippen LogP contribution in [0, 0.1) is 0 Å². The number of piperazine rings is 1. The van der Waals surface area contributed by atoms with Crippen molar-refractivity contribution in [2.24, 2.45) is 0 Å². The second-order valence-corrected chi connectivity index (χ2v) is 2.76. The number of aliphatic carboxylic acids is 1. The van der Waals surface area contributed by atoms with E-state index in [2.05, 4.69) is 5.32 Å². The average Bonchev–Trinajstić information content (AvgIpc) is 1.88. The number of likely N-dealkylation sites (N-methyl/N-ethyl adjacent to an activating group) is 1. The Morgan fingerprint density at radius 3 is 2.90 bits per heavy atom. The molecule has 0 saturated carbocycles. The van der Waals surface area contributed by atoms with Crippen LogP contribution >= 0.6 is 0 Å². The van der Waals surface area contributed by atoms with E-state index in [9.17, 15) is 4.79 Å². The summed E-state index contributed by atoms with van der Waals surface area (Å²) in [4.78, 5) is 11.7. The molecule has 1 aliphatic rings. The lowest BCUT2D eigenvalue weighted by Gasteiger charge is -2.25. The third kappa shape index (κ3) is 1.68. The lowest BCUT2D eigenvalue weighted by Crippen LogP contribution is -3.13. The smallest absolute Gasteiger partial charge is 0.326 e. The van der Waals surface area contributed by atoms with Crippen LogP contribution in [0.25, 0.3) is 0 Å². The highest BCUT2D eigenvalue weighted by molar-refractivity contribution is 5.73. The number of hydrogen-bond donors (Lipinski definition) is 3. The first kappa shape index (κ1) is 7.50. The molecule has 0 spiro atoms. The minimum absolute atomic E-state index is 0.339. The molecule has 1 fully saturated rings. The number of hydrogen-bond acceptors (Lipinski definition) is 2. The van der Waals surface area contributed by atoms with Gasteiger partial charge in [-0.2, -0.15) is 0 Å². The van der Waals surface area contributed by atoms with Gasteiger partial charge in [0.15, 0.2) is 6.04 Å². The summed E-state index contributed by atoms with van der Waals surface area (Å²) in [7, 11) is 2.01. The second kappa shape index (κ2) is 2.98. The lowest BCUT2D eigenvalue weighted by molar-refractivity contribution is -0.883. The fourth-order valence-electron chi connectivity index (χ4n) is 1.16. The van der Waals surface area contributed by atoms with Gasteiger partial charge in [0.1, 0.15) is 6.54 Å². The van der Waals surface area contributed by atoms with Gasteiger partial charge in [-0.15, -0.1) is 0 Å². The molecule has 0 aromatic carbocycles. The fourth-order valence-corrected chi connectivity index (χ4v) is 1.16. The van der Waals surface area contributed by atoms with Crippen molar-refractivity contribution in [3.63, 3.8) is 0 Å². The van der Waals surface area contributed by atoms with Crippen molar-refractivity contribution < 1.29 is 14.8 Å². The number of nitrogens with one attached hydrogen (secondary N) is 2. The molecule has 1 heterocycles. The minimum atomic E-state index is -0.737. The Morgan fingerprint density at radius 2 is 2.50 bits per heavy atom. The highest BCUT2D eigenvalue weighted by Gasteiger charge is 2.24. The van der Waals surface area contributed by atoms with Gasteiger partial charge in [0.05, 0.1) is 13.6 Å². The number of carboxylic acid groups (broad SMARTS) is 1. The fraction of sp³-hybridized carbons (Fsp3) is 0.833. The van der Waals surface area contributed by atoms with E-state index in [-0.39, 0.29) is 6.04 Å². The molecule has 1 rings (SSSR count). The van der Waals surface area contributed by atoms with Gasteiger partial charge in [-0.1, -0.05) is 0 Å². The Kier molecular flexibility index (Phi) is 2.24. The predicted octanol–water partition coefficient (Wildman–Crippen LogP) is -2.44. The predicted molar refractivity (Wildman–Crippen MR) is 36.0 cm³/mol. The quantitative estimate of drug-likeness (QED) is 0.384. The van der Waals surface area contributed by atoms with E-state index in [1.54, 1.807) is 0 Å². The topological polar surface area (TPSA) is 53.8 Å². The molecule has 2 atom stereocenters. The molecule has 0 aromatic heterocycles. The normalized spacial score (nSPS) is 33.7. The first-order valence-electron chi connectivity index (χ1n) is 3.47. The summed E-state index contributed by atoms with van der Waals surface area (Å²) < 4.78 is 0. The molecule has 0 amide bonds. The van der Waals surface area contributed by atoms with E-state index in [0.717, 1.165) is 13.1 Å². The van der Waals surface area contributed by atoms with E-state index in [1.807, 2.05) is 7.05 Å². The van der Waals surface area contributed by atoms with Gasteiger partial charge in [0.25, 0.3) is 0 Å². The van der Waals surface area contributed by atoms with E-state index < -0.39 is 5.97 Å². The average molecular weight is 145 g/mol. The van der Waals surface area contributed by atoms with E-state index in [4.69, 9.17) is 5.11 Å². The number of carboxylic acids is 1. The summed E-state index contributed by atoms with van der Waals surface area (Å²) in [6, 6.07) is -0.339. The number of carbonyl (C=O) groups is 1. The molecule has 1 aliphatic heterocycles. The van der Waals surface area contributed by atoms with Crippen LogP contribution < -0.4 is 10.2 Å². The van der Waals surface area contributed by atoms with Crippen LogP contribution in [0.15, 0.2) is 0 Å². The molecule has 3 N–H and O–H groups in total. The molecule has 0 aliphatic carbocycles. The molecule has 2 unspecified atom stereocenters. The van der Waals surface area contributed by atoms with Gasteiger partial charge in [0, 0.05) is 6.54 Å². The summed E-state index contributed by atoms with van der Waals surface area (Å²) in [6.07, 6.45) is 0. The van der Waals surface area contributed by atoms with Crippen molar-refractivity contribution in [1.29, 1.82) is 0 Å². The Bertz CT molecular complexity index is 138. The maximum absolute atomic E-state index is 10.4. The molecule has 1 saturated heterocycles. The third-order valence-corrected chi connectivity index (χ3v) is 1.79. The number of rotatable bonds is 1. The Labute approximate surface area is 59.8 Å². The first-order valence-corrected chi connectivity index (χ1v) is 3.47. The van der Waals surface area contributed by atoms with Crippen molar-refractivity contribution in [2.75, 3.05) is 26.7 Å². The lowest BCUT2D eigenvalue weighted by atomic mass is 10.2. The summed E-state index contributed by atoms with van der Waals surface area (Å²) in [5, 5.41) is 11.5. The SMILES string of the molecule is C[NH+]1CCNC(C(=O)O)C1. The summed E-state index contributed by atoms with van der Waals surface area (Å²) in [5.74, 6) is -0.737. The maximum Gasteiger partial charge on any atom is 0.326 e. The Balaban J connectivity index is 2.39. The molecular weight excluding hydrogens is 132 g/mol. The van der Waals surface area contributed by atoms with Gasteiger partial charge < -0.3 is 10.0 Å². The highest BCUT2D eigenvalue weighted by atomic mass is 16.4. The van der Waals surface area contributed by atoms with Crippen molar-refractivity contribution in [2.45, 2.75) is 6.04 Å². The largest absolute Gasteiger partial charge is 0.480 e. The van der Waals surface area contributed by atoms with Crippen LogP contribution in [0.3, 0.4) is 0 Å². The van der Waals surface area contributed by atoms with Gasteiger partial charge in [-0.25, -0.2) is 0 Å². The monoisotopic (exact) mass is 145 g/mol. The molecule has 4 nitrogen and oxygen atoms in total. The third-order valence-electron chi connectivity index (χ3n) is 1.79. The van der Waals surface area contributed by atoms with Crippen molar-refractivity contribution in [3.05, 3.63) is 0 Å². The summed E-state index contributed by atoms with van der Waals surface area (Å²) in [6.45, 7) is 2.52. The van der Waals surface area contributed by atoms with Crippen LogP contribution in [0.1, 0.15) is 0 Å². The van der Waals surface area contributed by atoms with Gasteiger partial charge in [-0.05, 0) is 0 Å². The van der Waals surface area contributed by atoms with Crippen LogP contribution in [-0.2, 0) is 4.79 Å². The van der Waals surface area contributed by atoms with E-state index in [1.165, 1.54) is 4.90 Å². The molecular formula is C6H13N2O2+. The minimum Gasteiger partial charge on any atom is -0.480 e. The molecule has 0 bridgehead atoms. The molecule has 4 heteroatoms. The van der Waals surface area contributed by atoms with E-state index >= 15 is 0 Å². The van der Waals surface area contributed by atoms with E-state index in [0.29, 0.717) is 6.54 Å². The van der Waals surface area contributed by atoms with Gasteiger partial charge in [0.2, 0.25) is 0 Å². The molecule has 0 radical (unpaired) electrons. The zero-order chi connectivity index (χ0) is 7.56. The zero-order valence-electron chi connectivity index (χ0n) is 6.05. The van der Waals surface area contributed by atoms with Gasteiger partial charge in [-0.3, -0.25) is 10.1 Å². The van der Waals surface area contributed by atoms with Gasteiger partial charge >= 0.3 is 5.97 Å². The molecule has 10 heavy (non-hydrogen) atoms. The zero-order valence-corrected chi connectivity index (χ0v) is 6.05. The molecule has 58 valence electrons. The highest BCUT2D eigenvalue weighted by Crippen LogP contribution is 1.81. The summed E-state index contributed by atoms with van der Waals surface area (Å²) in [5.41, 5.74) is 0. The van der Waals surface area contributed by atoms with Crippen molar-refractivity contribution in [1.82, 2.24) is 5.32 Å². The van der Waals surface area contributed by atoms with Crippen molar-refractivity contribution in [3.8, 4) is 0 Å². The Hall–Kier alpha value is -0.610. The second-order valence-electron chi connectivity index (χ2n) is 2.76. The van der Waals surface area contributed by atoms with Crippen molar-refractivity contribution >= 4 is 5.97 Å². The maximum atomic E-state index is 10.4. The Morgan fingerprint density at radius 1 is 1.80 bits per heavy atom. The first-order chi connectivity index (χ1) is 4.70.